The number of hydrogen-bond donors (Lipinski definition) is 1. The van der Waals surface area contributed by atoms with E-state index in [1.165, 1.54) is 22.4 Å². The van der Waals surface area contributed by atoms with Gasteiger partial charge in [0, 0.05) is 42.1 Å². The quantitative estimate of drug-likeness (QED) is 0.414. The van der Waals surface area contributed by atoms with Gasteiger partial charge in [-0.25, -0.2) is 18.7 Å². The lowest BCUT2D eigenvalue weighted by molar-refractivity contribution is -0.200. The van der Waals surface area contributed by atoms with E-state index in [0.717, 1.165) is 28.8 Å². The Balaban J connectivity index is 1.45. The Morgan fingerprint density at radius 1 is 1.12 bits per heavy atom. The first kappa shape index (κ1) is 28.4. The van der Waals surface area contributed by atoms with Gasteiger partial charge in [0.25, 0.3) is 5.91 Å². The lowest BCUT2D eigenvalue weighted by Gasteiger charge is -2.31. The molecule has 2 atom stereocenters. The van der Waals surface area contributed by atoms with Crippen LogP contribution in [0, 0.1) is 6.92 Å². The van der Waals surface area contributed by atoms with Crippen molar-refractivity contribution in [3.8, 4) is 10.4 Å². The summed E-state index contributed by atoms with van der Waals surface area (Å²) < 4.78 is 32.1. The summed E-state index contributed by atoms with van der Waals surface area (Å²) in [6, 6.07) is 16.8. The van der Waals surface area contributed by atoms with E-state index < -0.39 is 26.8 Å². The summed E-state index contributed by atoms with van der Waals surface area (Å²) in [5.74, 6) is -1.16. The SMILES string of the molecule is Cc1ccc(-c2ccc([C@@]3(CC(=O)NOC4CCCCO4)CCN(C(=O)c4ccccn4)CCS3(=O)=O)s2)cc1. The number of rotatable bonds is 7. The Hall–Kier alpha value is -3.12. The van der Waals surface area contributed by atoms with E-state index in [1.54, 1.807) is 24.3 Å². The molecule has 40 heavy (non-hydrogen) atoms. The zero-order valence-electron chi connectivity index (χ0n) is 22.4. The smallest absolute Gasteiger partial charge is 0.272 e. The predicted octanol–water partition coefficient (Wildman–Crippen LogP) is 4.24. The molecule has 11 heteroatoms. The van der Waals surface area contributed by atoms with E-state index >= 15 is 0 Å². The monoisotopic (exact) mass is 583 g/mol. The van der Waals surface area contributed by atoms with Crippen LogP contribution >= 0.6 is 11.3 Å². The first-order chi connectivity index (χ1) is 19.3. The van der Waals surface area contributed by atoms with Crippen molar-refractivity contribution in [3.63, 3.8) is 0 Å². The first-order valence-electron chi connectivity index (χ1n) is 13.4. The van der Waals surface area contributed by atoms with Crippen molar-refractivity contribution in [1.82, 2.24) is 15.4 Å². The molecule has 2 aliphatic heterocycles. The molecule has 9 nitrogen and oxygen atoms in total. The number of amides is 2. The molecular weight excluding hydrogens is 550 g/mol. The van der Waals surface area contributed by atoms with Crippen molar-refractivity contribution >= 4 is 33.0 Å². The number of carbonyl (C=O) groups is 2. The van der Waals surface area contributed by atoms with Crippen LogP contribution in [-0.2, 0) is 29.0 Å². The van der Waals surface area contributed by atoms with Crippen molar-refractivity contribution in [1.29, 1.82) is 0 Å². The van der Waals surface area contributed by atoms with E-state index in [9.17, 15) is 18.0 Å². The fraction of sp³-hybridized carbons (Fsp3) is 0.414. The number of pyridine rings is 1. The number of hydrogen-bond acceptors (Lipinski definition) is 8. The minimum absolute atomic E-state index is 0.0176. The van der Waals surface area contributed by atoms with Crippen molar-refractivity contribution in [3.05, 3.63) is 76.9 Å². The number of nitrogens with one attached hydrogen (secondary N) is 1. The van der Waals surface area contributed by atoms with Crippen LogP contribution in [0.2, 0.25) is 0 Å². The molecule has 2 aromatic heterocycles. The zero-order chi connectivity index (χ0) is 28.2. The Morgan fingerprint density at radius 3 is 2.67 bits per heavy atom. The molecule has 4 heterocycles. The van der Waals surface area contributed by atoms with Gasteiger partial charge in [0.1, 0.15) is 10.4 Å². The van der Waals surface area contributed by atoms with Gasteiger partial charge in [0.05, 0.1) is 12.2 Å². The molecule has 2 fully saturated rings. The second kappa shape index (κ2) is 12.2. The van der Waals surface area contributed by atoms with Crippen LogP contribution in [0.15, 0.2) is 60.8 Å². The van der Waals surface area contributed by atoms with Crippen molar-refractivity contribution in [2.24, 2.45) is 0 Å². The lowest BCUT2D eigenvalue weighted by Crippen LogP contribution is -2.43. The van der Waals surface area contributed by atoms with Gasteiger partial charge in [-0.1, -0.05) is 35.9 Å². The van der Waals surface area contributed by atoms with Crippen molar-refractivity contribution in [2.45, 2.75) is 50.1 Å². The number of aromatic nitrogens is 1. The molecule has 5 rings (SSSR count). The van der Waals surface area contributed by atoms with E-state index in [0.29, 0.717) is 17.9 Å². The highest BCUT2D eigenvalue weighted by atomic mass is 32.2. The minimum atomic E-state index is -3.89. The van der Waals surface area contributed by atoms with Gasteiger partial charge in [0.15, 0.2) is 16.1 Å². The number of nitrogens with zero attached hydrogens (tertiary/aromatic N) is 2. The molecule has 1 unspecified atom stereocenters. The second-order valence-electron chi connectivity index (χ2n) is 10.2. The maximum atomic E-state index is 14.1. The number of carbonyl (C=O) groups excluding carboxylic acids is 2. The number of sulfone groups is 1. The third-order valence-corrected chi connectivity index (χ3v) is 11.4. The molecule has 1 aromatic carbocycles. The third kappa shape index (κ3) is 6.12. The maximum Gasteiger partial charge on any atom is 0.272 e. The Bertz CT molecular complexity index is 1440. The molecule has 212 valence electrons. The Kier molecular flexibility index (Phi) is 8.65. The molecular formula is C29H33N3O6S2. The fourth-order valence-electron chi connectivity index (χ4n) is 5.11. The molecule has 0 bridgehead atoms. The van der Waals surface area contributed by atoms with E-state index in [1.807, 2.05) is 37.3 Å². The fourth-order valence-corrected chi connectivity index (χ4v) is 8.72. The van der Waals surface area contributed by atoms with Crippen molar-refractivity contribution in [2.75, 3.05) is 25.4 Å². The van der Waals surface area contributed by atoms with Crippen molar-refractivity contribution < 1.29 is 27.6 Å². The summed E-state index contributed by atoms with van der Waals surface area (Å²) >= 11 is 1.36. The van der Waals surface area contributed by atoms with Gasteiger partial charge in [-0.05, 0) is 56.0 Å². The molecule has 0 saturated carbocycles. The van der Waals surface area contributed by atoms with Gasteiger partial charge in [0.2, 0.25) is 5.91 Å². The molecule has 0 spiro atoms. The van der Waals surface area contributed by atoms with Gasteiger partial charge >= 0.3 is 0 Å². The van der Waals surface area contributed by atoms with Crippen LogP contribution in [0.4, 0.5) is 0 Å². The maximum absolute atomic E-state index is 14.1. The summed E-state index contributed by atoms with van der Waals surface area (Å²) in [5.41, 5.74) is 4.79. The van der Waals surface area contributed by atoms with Crippen LogP contribution in [0.5, 0.6) is 0 Å². The average Bonchev–Trinajstić information content (AvgIpc) is 3.42. The Morgan fingerprint density at radius 2 is 1.95 bits per heavy atom. The van der Waals surface area contributed by atoms with Gasteiger partial charge in [-0.15, -0.1) is 11.3 Å². The molecule has 2 saturated heterocycles. The molecule has 3 aromatic rings. The average molecular weight is 584 g/mol. The van der Waals surface area contributed by atoms with Crippen LogP contribution in [0.3, 0.4) is 0 Å². The molecule has 2 amide bonds. The number of aryl methyl sites for hydroxylation is 1. The first-order valence-corrected chi connectivity index (χ1v) is 15.9. The number of benzene rings is 1. The third-order valence-electron chi connectivity index (χ3n) is 7.46. The van der Waals surface area contributed by atoms with Gasteiger partial charge < -0.3 is 9.64 Å². The largest absolute Gasteiger partial charge is 0.350 e. The molecule has 1 N–H and O–H groups in total. The molecule has 0 aliphatic carbocycles. The predicted molar refractivity (Wildman–Crippen MR) is 152 cm³/mol. The summed E-state index contributed by atoms with van der Waals surface area (Å²) in [5, 5.41) is 0. The van der Waals surface area contributed by atoms with Crippen LogP contribution in [-0.4, -0.2) is 61.9 Å². The molecule has 0 radical (unpaired) electrons. The standard InChI is InChI=1S/C29H33N3O6S2/c1-21-8-10-22(11-9-21)24-12-13-25(39-24)29(20-26(33)31-38-27-7-3-5-18-37-27)14-16-32(17-19-40(29,35)36)28(34)23-6-2-4-15-30-23/h2,4,6,8-13,15,27H,3,5,7,14,16-20H2,1H3,(H,31,33)/t27?,29-/m0/s1. The van der Waals surface area contributed by atoms with E-state index in [4.69, 9.17) is 9.57 Å². The number of ether oxygens (including phenoxy) is 1. The van der Waals surface area contributed by atoms with Gasteiger partial charge in [-0.2, -0.15) is 0 Å². The molecule has 2 aliphatic rings. The summed E-state index contributed by atoms with van der Waals surface area (Å²) in [7, 11) is -3.89. The Labute approximate surface area is 238 Å². The van der Waals surface area contributed by atoms with Crippen LogP contribution < -0.4 is 5.48 Å². The highest BCUT2D eigenvalue weighted by Crippen LogP contribution is 2.45. The second-order valence-corrected chi connectivity index (χ2v) is 13.7. The minimum Gasteiger partial charge on any atom is -0.350 e. The highest BCUT2D eigenvalue weighted by molar-refractivity contribution is 7.92. The van der Waals surface area contributed by atoms with E-state index in [-0.39, 0.29) is 43.3 Å². The summed E-state index contributed by atoms with van der Waals surface area (Å²) in [6.07, 6.45) is 3.22. The van der Waals surface area contributed by atoms with E-state index in [2.05, 4.69) is 10.5 Å². The number of thiophene rings is 1. The summed E-state index contributed by atoms with van der Waals surface area (Å²) in [4.78, 5) is 39.0. The van der Waals surface area contributed by atoms with Gasteiger partial charge in [-0.3, -0.25) is 14.6 Å². The summed E-state index contributed by atoms with van der Waals surface area (Å²) in [6.45, 7) is 2.74. The lowest BCUT2D eigenvalue weighted by atomic mass is 9.97. The van der Waals surface area contributed by atoms with Crippen LogP contribution in [0.25, 0.3) is 10.4 Å². The highest BCUT2D eigenvalue weighted by Gasteiger charge is 2.50. The normalized spacial score (nSPS) is 22.8. The van der Waals surface area contributed by atoms with Crippen LogP contribution in [0.1, 0.15) is 53.0 Å². The zero-order valence-corrected chi connectivity index (χ0v) is 24.0. The topological polar surface area (TPSA) is 115 Å². The number of hydroxylamine groups is 1.